The van der Waals surface area contributed by atoms with Crippen molar-refractivity contribution in [3.8, 4) is 0 Å². The Labute approximate surface area is 208 Å². The Morgan fingerprint density at radius 3 is 2.75 bits per heavy atom. The molecule has 36 heavy (non-hydrogen) atoms. The first-order chi connectivity index (χ1) is 17.3. The van der Waals surface area contributed by atoms with Gasteiger partial charge in [0.2, 0.25) is 11.8 Å². The minimum atomic E-state index is -0.330. The number of H-pyrrole nitrogens is 1. The Balaban J connectivity index is 1.37. The summed E-state index contributed by atoms with van der Waals surface area (Å²) in [5.74, 6) is 0.652. The fraction of sp³-hybridized carbons (Fsp3) is 0.500. The molecule has 4 N–H and O–H groups in total. The third kappa shape index (κ3) is 6.06. The molecule has 0 atom stereocenters. The SMILES string of the molecule is CC(=O)NCCOCCC(=O)N(Cc1ccc(Cn2c(=O)[nH]c3c(N)nc(C)nc32)nc1)C1CCC1. The van der Waals surface area contributed by atoms with Crippen molar-refractivity contribution in [3.05, 3.63) is 45.9 Å². The van der Waals surface area contributed by atoms with Crippen LogP contribution in [0.3, 0.4) is 0 Å². The third-order valence-electron chi connectivity index (χ3n) is 6.24. The highest BCUT2D eigenvalue weighted by molar-refractivity contribution is 5.81. The molecule has 0 spiro atoms. The molecule has 1 saturated carbocycles. The lowest BCUT2D eigenvalue weighted by atomic mass is 9.91. The van der Waals surface area contributed by atoms with Crippen LogP contribution in [0.15, 0.2) is 23.1 Å². The molecule has 0 bridgehead atoms. The number of fused-ring (bicyclic) bond motifs is 1. The van der Waals surface area contributed by atoms with Gasteiger partial charge in [-0.05, 0) is 37.8 Å². The van der Waals surface area contributed by atoms with E-state index in [1.807, 2.05) is 17.0 Å². The lowest BCUT2D eigenvalue weighted by Crippen LogP contribution is -2.44. The van der Waals surface area contributed by atoms with E-state index in [1.165, 1.54) is 11.5 Å². The first kappa shape index (κ1) is 25.3. The maximum Gasteiger partial charge on any atom is 0.328 e. The van der Waals surface area contributed by atoms with Gasteiger partial charge in [-0.1, -0.05) is 6.07 Å². The minimum absolute atomic E-state index is 0.0429. The van der Waals surface area contributed by atoms with E-state index in [1.54, 1.807) is 13.1 Å². The lowest BCUT2D eigenvalue weighted by molar-refractivity contribution is -0.137. The number of hydrogen-bond donors (Lipinski definition) is 3. The number of carbonyl (C=O) groups excluding carboxylic acids is 2. The number of aryl methyl sites for hydroxylation is 1. The summed E-state index contributed by atoms with van der Waals surface area (Å²) in [6, 6.07) is 4.02. The van der Waals surface area contributed by atoms with Gasteiger partial charge in [0.15, 0.2) is 11.5 Å². The Hall–Kier alpha value is -3.80. The fourth-order valence-corrected chi connectivity index (χ4v) is 4.14. The molecular weight excluding hydrogens is 464 g/mol. The van der Waals surface area contributed by atoms with E-state index in [4.69, 9.17) is 10.5 Å². The number of aromatic nitrogens is 5. The largest absolute Gasteiger partial charge is 0.382 e. The first-order valence-corrected chi connectivity index (χ1v) is 12.1. The van der Waals surface area contributed by atoms with Gasteiger partial charge in [0.05, 0.1) is 31.9 Å². The molecule has 12 nitrogen and oxygen atoms in total. The number of aromatic amines is 1. The summed E-state index contributed by atoms with van der Waals surface area (Å²) in [5, 5.41) is 2.66. The highest BCUT2D eigenvalue weighted by Gasteiger charge is 2.28. The van der Waals surface area contributed by atoms with Crippen molar-refractivity contribution >= 4 is 28.8 Å². The van der Waals surface area contributed by atoms with E-state index in [0.717, 1.165) is 24.8 Å². The summed E-state index contributed by atoms with van der Waals surface area (Å²) in [4.78, 5) is 53.9. The summed E-state index contributed by atoms with van der Waals surface area (Å²) in [6.07, 6.45) is 5.14. The second kappa shape index (κ2) is 11.3. The summed E-state index contributed by atoms with van der Waals surface area (Å²) in [6.45, 7) is 4.99. The van der Waals surface area contributed by atoms with Gasteiger partial charge >= 0.3 is 5.69 Å². The number of imidazole rings is 1. The number of anilines is 1. The second-order valence-corrected chi connectivity index (χ2v) is 8.98. The highest BCUT2D eigenvalue weighted by atomic mass is 16.5. The molecule has 12 heteroatoms. The van der Waals surface area contributed by atoms with Gasteiger partial charge in [-0.3, -0.25) is 19.1 Å². The number of hydrogen-bond acceptors (Lipinski definition) is 8. The Morgan fingerprint density at radius 2 is 2.08 bits per heavy atom. The quantitative estimate of drug-likeness (QED) is 0.330. The van der Waals surface area contributed by atoms with Gasteiger partial charge in [0, 0.05) is 32.3 Å². The zero-order valence-corrected chi connectivity index (χ0v) is 20.6. The van der Waals surface area contributed by atoms with Gasteiger partial charge in [-0.25, -0.2) is 14.8 Å². The number of amides is 2. The number of carbonyl (C=O) groups is 2. The maximum absolute atomic E-state index is 12.9. The average Bonchev–Trinajstić information content (AvgIpc) is 3.11. The molecule has 0 unspecified atom stereocenters. The van der Waals surface area contributed by atoms with Gasteiger partial charge in [0.25, 0.3) is 0 Å². The van der Waals surface area contributed by atoms with Crippen LogP contribution in [0.25, 0.3) is 11.2 Å². The number of nitrogen functional groups attached to an aromatic ring is 1. The lowest BCUT2D eigenvalue weighted by Gasteiger charge is -2.37. The highest BCUT2D eigenvalue weighted by Crippen LogP contribution is 2.27. The van der Waals surface area contributed by atoms with Crippen molar-refractivity contribution in [3.63, 3.8) is 0 Å². The molecule has 3 heterocycles. The van der Waals surface area contributed by atoms with Crippen molar-refractivity contribution < 1.29 is 14.3 Å². The van der Waals surface area contributed by atoms with Crippen molar-refractivity contribution in [1.82, 2.24) is 34.7 Å². The van der Waals surface area contributed by atoms with Crippen molar-refractivity contribution in [2.45, 2.75) is 58.7 Å². The zero-order valence-electron chi connectivity index (χ0n) is 20.6. The van der Waals surface area contributed by atoms with Crippen LogP contribution in [0, 0.1) is 6.92 Å². The number of nitrogens with zero attached hydrogens (tertiary/aromatic N) is 5. The van der Waals surface area contributed by atoms with Crippen molar-refractivity contribution in [2.24, 2.45) is 0 Å². The summed E-state index contributed by atoms with van der Waals surface area (Å²) >= 11 is 0. The van der Waals surface area contributed by atoms with E-state index < -0.39 is 0 Å². The monoisotopic (exact) mass is 496 g/mol. The molecule has 2 amide bonds. The number of nitrogens with two attached hydrogens (primary N) is 1. The average molecular weight is 497 g/mol. The smallest absolute Gasteiger partial charge is 0.328 e. The van der Waals surface area contributed by atoms with Crippen LogP contribution in [0.2, 0.25) is 0 Å². The van der Waals surface area contributed by atoms with Crippen LogP contribution >= 0.6 is 0 Å². The van der Waals surface area contributed by atoms with E-state index in [0.29, 0.717) is 49.0 Å². The number of pyridine rings is 1. The number of nitrogens with one attached hydrogen (secondary N) is 2. The Kier molecular flexibility index (Phi) is 7.93. The van der Waals surface area contributed by atoms with Crippen LogP contribution in [0.4, 0.5) is 5.82 Å². The molecule has 3 aromatic rings. The third-order valence-corrected chi connectivity index (χ3v) is 6.24. The molecule has 1 aliphatic carbocycles. The molecule has 1 fully saturated rings. The molecule has 4 rings (SSSR count). The molecular formula is C24H32N8O4. The predicted octanol–water partition coefficient (Wildman–Crippen LogP) is 0.877. The van der Waals surface area contributed by atoms with Gasteiger partial charge < -0.3 is 25.7 Å². The fourth-order valence-electron chi connectivity index (χ4n) is 4.14. The maximum atomic E-state index is 12.9. The van der Waals surface area contributed by atoms with Crippen molar-refractivity contribution in [1.29, 1.82) is 0 Å². The molecule has 192 valence electrons. The molecule has 1 aliphatic rings. The first-order valence-electron chi connectivity index (χ1n) is 12.1. The molecule has 0 radical (unpaired) electrons. The van der Waals surface area contributed by atoms with Crippen LogP contribution in [-0.2, 0) is 27.4 Å². The van der Waals surface area contributed by atoms with Crippen LogP contribution < -0.4 is 16.7 Å². The molecule has 3 aromatic heterocycles. The molecule has 0 aromatic carbocycles. The Bertz CT molecular complexity index is 1280. The van der Waals surface area contributed by atoms with Crippen LogP contribution in [-0.4, -0.2) is 67.0 Å². The minimum Gasteiger partial charge on any atom is -0.382 e. The molecule has 0 aliphatic heterocycles. The van der Waals surface area contributed by atoms with E-state index >= 15 is 0 Å². The Morgan fingerprint density at radius 1 is 1.28 bits per heavy atom. The van der Waals surface area contributed by atoms with Crippen molar-refractivity contribution in [2.75, 3.05) is 25.5 Å². The number of rotatable bonds is 11. The second-order valence-electron chi connectivity index (χ2n) is 8.98. The zero-order chi connectivity index (χ0) is 25.7. The van der Waals surface area contributed by atoms with E-state index in [9.17, 15) is 14.4 Å². The standard InChI is InChI=1S/C24H32N8O4/c1-15-28-22(25)21-23(29-15)32(24(35)30-21)14-18-7-6-17(12-27-18)13-31(19-4-3-5-19)20(34)8-10-36-11-9-26-16(2)33/h6-7,12,19H,3-5,8-11,13-14H2,1-2H3,(H,26,33)(H,30,35)(H2,25,28,29). The van der Waals surface area contributed by atoms with Crippen LogP contribution in [0.1, 0.15) is 49.7 Å². The van der Waals surface area contributed by atoms with Gasteiger partial charge in [-0.2, -0.15) is 0 Å². The van der Waals surface area contributed by atoms with E-state index in [-0.39, 0.29) is 42.3 Å². The normalized spacial score (nSPS) is 13.5. The van der Waals surface area contributed by atoms with Crippen LogP contribution in [0.5, 0.6) is 0 Å². The van der Waals surface area contributed by atoms with Gasteiger partial charge in [-0.15, -0.1) is 0 Å². The summed E-state index contributed by atoms with van der Waals surface area (Å²) in [7, 11) is 0. The topological polar surface area (TPSA) is 161 Å². The predicted molar refractivity (Wildman–Crippen MR) is 133 cm³/mol. The number of ether oxygens (including phenoxy) is 1. The van der Waals surface area contributed by atoms with Gasteiger partial charge in [0.1, 0.15) is 11.3 Å². The summed E-state index contributed by atoms with van der Waals surface area (Å²) in [5.41, 5.74) is 8.05. The molecule has 0 saturated heterocycles. The summed E-state index contributed by atoms with van der Waals surface area (Å²) < 4.78 is 6.97. The van der Waals surface area contributed by atoms with E-state index in [2.05, 4.69) is 25.3 Å².